The first-order valence-electron chi connectivity index (χ1n) is 10.5. The van der Waals surface area contributed by atoms with E-state index in [2.05, 4.69) is 10.4 Å². The summed E-state index contributed by atoms with van der Waals surface area (Å²) < 4.78 is 15.3. The van der Waals surface area contributed by atoms with E-state index in [9.17, 15) is 18.8 Å². The van der Waals surface area contributed by atoms with Gasteiger partial charge in [0.1, 0.15) is 5.82 Å². The smallest absolute Gasteiger partial charge is 0.261 e. The Bertz CT molecular complexity index is 1120. The highest BCUT2D eigenvalue weighted by molar-refractivity contribution is 6.21. The maximum absolute atomic E-state index is 13.8. The number of rotatable bonds is 9. The maximum atomic E-state index is 13.8. The zero-order valence-electron chi connectivity index (χ0n) is 17.5. The lowest BCUT2D eigenvalue weighted by Gasteiger charge is -2.13. The molecule has 2 aromatic carbocycles. The van der Waals surface area contributed by atoms with Crippen molar-refractivity contribution in [3.8, 4) is 0 Å². The second-order valence-electron chi connectivity index (χ2n) is 7.66. The third-order valence-corrected chi connectivity index (χ3v) is 5.36. The molecule has 3 amide bonds. The number of carbonyl (C=O) groups excluding carboxylic acids is 3. The van der Waals surface area contributed by atoms with Gasteiger partial charge < -0.3 is 5.32 Å². The van der Waals surface area contributed by atoms with Crippen molar-refractivity contribution in [3.63, 3.8) is 0 Å². The van der Waals surface area contributed by atoms with Crippen molar-refractivity contribution in [3.05, 3.63) is 83.3 Å². The Balaban J connectivity index is 1.17. The molecule has 0 saturated carbocycles. The van der Waals surface area contributed by atoms with Crippen LogP contribution in [0.25, 0.3) is 0 Å². The summed E-state index contributed by atoms with van der Waals surface area (Å²) in [6, 6.07) is 15.0. The molecule has 0 unspecified atom stereocenters. The zero-order chi connectivity index (χ0) is 22.5. The molecule has 0 radical (unpaired) electrons. The van der Waals surface area contributed by atoms with Crippen molar-refractivity contribution in [1.29, 1.82) is 0 Å². The first-order chi connectivity index (χ1) is 15.5. The van der Waals surface area contributed by atoms with Gasteiger partial charge in [-0.15, -0.1) is 0 Å². The van der Waals surface area contributed by atoms with E-state index in [-0.39, 0.29) is 30.1 Å². The number of halogens is 1. The third kappa shape index (κ3) is 4.74. The van der Waals surface area contributed by atoms with Crippen LogP contribution in [0.3, 0.4) is 0 Å². The van der Waals surface area contributed by atoms with E-state index in [1.54, 1.807) is 59.4 Å². The summed E-state index contributed by atoms with van der Waals surface area (Å²) in [6.07, 6.45) is 3.97. The number of carbonyl (C=O) groups is 3. The fourth-order valence-corrected chi connectivity index (χ4v) is 3.70. The summed E-state index contributed by atoms with van der Waals surface area (Å²) in [5.74, 6) is -0.558. The monoisotopic (exact) mass is 434 g/mol. The van der Waals surface area contributed by atoms with Gasteiger partial charge in [-0.25, -0.2) is 4.39 Å². The summed E-state index contributed by atoms with van der Waals surface area (Å²) in [6.45, 7) is 0.620. The summed E-state index contributed by atoms with van der Waals surface area (Å²) >= 11 is 0. The Kier molecular flexibility index (Phi) is 6.39. The van der Waals surface area contributed by atoms with Gasteiger partial charge in [-0.3, -0.25) is 24.0 Å². The number of unbranched alkanes of at least 4 members (excludes halogenated alkanes) is 2. The Morgan fingerprint density at radius 1 is 0.906 bits per heavy atom. The number of anilines is 1. The van der Waals surface area contributed by atoms with Gasteiger partial charge in [-0.1, -0.05) is 36.8 Å². The minimum atomic E-state index is -0.296. The standard InChI is InChI=1S/C24H23FN4O3/c25-20-11-6-3-8-17(20)16-28-15-13-21(27-28)26-22(30)12-2-1-7-14-29-23(31)18-9-4-5-10-19(18)24(29)32/h3-6,8-11,13,15H,1-2,7,12,14,16H2,(H,26,27,30). The van der Waals surface area contributed by atoms with Crippen molar-refractivity contribution in [2.75, 3.05) is 11.9 Å². The number of hydrogen-bond donors (Lipinski definition) is 1. The molecule has 1 N–H and O–H groups in total. The molecule has 1 aliphatic rings. The molecule has 0 spiro atoms. The molecule has 0 atom stereocenters. The molecule has 1 aromatic heterocycles. The van der Waals surface area contributed by atoms with Gasteiger partial charge in [0.2, 0.25) is 5.91 Å². The predicted octanol–water partition coefficient (Wildman–Crippen LogP) is 3.87. The van der Waals surface area contributed by atoms with Crippen molar-refractivity contribution in [1.82, 2.24) is 14.7 Å². The second kappa shape index (κ2) is 9.55. The largest absolute Gasteiger partial charge is 0.309 e. The molecule has 2 heterocycles. The van der Waals surface area contributed by atoms with Crippen LogP contribution < -0.4 is 5.32 Å². The van der Waals surface area contributed by atoms with Crippen LogP contribution >= 0.6 is 0 Å². The molecule has 4 rings (SSSR count). The Hall–Kier alpha value is -3.81. The van der Waals surface area contributed by atoms with E-state index in [0.29, 0.717) is 54.7 Å². The number of benzene rings is 2. The molecule has 1 aliphatic heterocycles. The first kappa shape index (κ1) is 21.4. The van der Waals surface area contributed by atoms with Crippen LogP contribution in [0.4, 0.5) is 10.2 Å². The molecule has 164 valence electrons. The molecule has 0 bridgehead atoms. The molecular weight excluding hydrogens is 411 g/mol. The fraction of sp³-hybridized carbons (Fsp3) is 0.250. The van der Waals surface area contributed by atoms with Crippen molar-refractivity contribution < 1.29 is 18.8 Å². The molecule has 0 saturated heterocycles. The van der Waals surface area contributed by atoms with E-state index in [0.717, 1.165) is 0 Å². The molecule has 0 fully saturated rings. The Morgan fingerprint density at radius 2 is 1.59 bits per heavy atom. The number of nitrogens with one attached hydrogen (secondary N) is 1. The van der Waals surface area contributed by atoms with Crippen LogP contribution in [0.5, 0.6) is 0 Å². The van der Waals surface area contributed by atoms with Gasteiger partial charge in [-0.05, 0) is 31.0 Å². The van der Waals surface area contributed by atoms with Crippen molar-refractivity contribution in [2.24, 2.45) is 0 Å². The van der Waals surface area contributed by atoms with Crippen molar-refractivity contribution >= 4 is 23.5 Å². The molecule has 32 heavy (non-hydrogen) atoms. The highest BCUT2D eigenvalue weighted by Gasteiger charge is 2.34. The minimum absolute atomic E-state index is 0.165. The van der Waals surface area contributed by atoms with E-state index in [1.807, 2.05) is 0 Å². The normalized spacial score (nSPS) is 12.8. The molecule has 3 aromatic rings. The third-order valence-electron chi connectivity index (χ3n) is 5.36. The van der Waals surface area contributed by atoms with E-state index in [4.69, 9.17) is 0 Å². The van der Waals surface area contributed by atoms with Crippen LogP contribution in [-0.2, 0) is 11.3 Å². The summed E-state index contributed by atoms with van der Waals surface area (Å²) in [4.78, 5) is 38.1. The lowest BCUT2D eigenvalue weighted by molar-refractivity contribution is -0.116. The highest BCUT2D eigenvalue weighted by atomic mass is 19.1. The molecule has 7 nitrogen and oxygen atoms in total. The van der Waals surface area contributed by atoms with Crippen LogP contribution in [0.15, 0.2) is 60.8 Å². The maximum Gasteiger partial charge on any atom is 0.261 e. The number of aromatic nitrogens is 2. The fourth-order valence-electron chi connectivity index (χ4n) is 3.70. The number of hydrogen-bond acceptors (Lipinski definition) is 4. The van der Waals surface area contributed by atoms with Gasteiger partial charge in [-0.2, -0.15) is 5.10 Å². The number of nitrogens with zero attached hydrogens (tertiary/aromatic N) is 3. The minimum Gasteiger partial charge on any atom is -0.309 e. The van der Waals surface area contributed by atoms with Crippen molar-refractivity contribution in [2.45, 2.75) is 32.2 Å². The average Bonchev–Trinajstić information content (AvgIpc) is 3.32. The lowest BCUT2D eigenvalue weighted by Crippen LogP contribution is -2.30. The van der Waals surface area contributed by atoms with Crippen LogP contribution in [0.1, 0.15) is 52.0 Å². The quantitative estimate of drug-likeness (QED) is 0.409. The van der Waals surface area contributed by atoms with Crippen LogP contribution in [-0.4, -0.2) is 38.9 Å². The topological polar surface area (TPSA) is 84.3 Å². The predicted molar refractivity (Wildman–Crippen MR) is 117 cm³/mol. The van der Waals surface area contributed by atoms with E-state index in [1.165, 1.54) is 11.0 Å². The number of fused-ring (bicyclic) bond motifs is 1. The lowest BCUT2D eigenvalue weighted by atomic mass is 10.1. The van der Waals surface area contributed by atoms with Gasteiger partial charge in [0.25, 0.3) is 11.8 Å². The molecule has 0 aliphatic carbocycles. The van der Waals surface area contributed by atoms with Crippen LogP contribution in [0.2, 0.25) is 0 Å². The Labute approximate surface area is 184 Å². The number of imide groups is 1. The highest BCUT2D eigenvalue weighted by Crippen LogP contribution is 2.22. The molecule has 8 heteroatoms. The number of amides is 3. The summed E-state index contributed by atoms with van der Waals surface area (Å²) in [7, 11) is 0. The van der Waals surface area contributed by atoms with Gasteiger partial charge in [0.15, 0.2) is 5.82 Å². The Morgan fingerprint density at radius 3 is 2.31 bits per heavy atom. The van der Waals surface area contributed by atoms with Gasteiger partial charge in [0, 0.05) is 30.8 Å². The van der Waals surface area contributed by atoms with E-state index >= 15 is 0 Å². The summed E-state index contributed by atoms with van der Waals surface area (Å²) in [5.41, 5.74) is 1.42. The van der Waals surface area contributed by atoms with Gasteiger partial charge in [0.05, 0.1) is 17.7 Å². The average molecular weight is 434 g/mol. The summed E-state index contributed by atoms with van der Waals surface area (Å²) in [5, 5.41) is 6.99. The SMILES string of the molecule is O=C(CCCCCN1C(=O)c2ccccc2C1=O)Nc1ccn(Cc2ccccc2F)n1. The first-order valence-corrected chi connectivity index (χ1v) is 10.5. The van der Waals surface area contributed by atoms with E-state index < -0.39 is 0 Å². The van der Waals surface area contributed by atoms with Crippen LogP contribution in [0, 0.1) is 5.82 Å². The molecular formula is C24H23FN4O3. The second-order valence-corrected chi connectivity index (χ2v) is 7.66. The van der Waals surface area contributed by atoms with Gasteiger partial charge >= 0.3 is 0 Å². The zero-order valence-corrected chi connectivity index (χ0v) is 17.5.